The number of unbranched alkanes of at least 4 members (excludes halogenated alkanes) is 18. The van der Waals surface area contributed by atoms with Crippen LogP contribution < -0.4 is 0 Å². The summed E-state index contributed by atoms with van der Waals surface area (Å²) in [7, 11) is 0. The number of phenolic OH excluding ortho intramolecular Hbond substituents is 1. The third-order valence-corrected chi connectivity index (χ3v) is 7.03. The van der Waals surface area contributed by atoms with E-state index in [1.54, 1.807) is 0 Å². The highest BCUT2D eigenvalue weighted by molar-refractivity contribution is 5.89. The Kier molecular flexibility index (Phi) is 15.0. The van der Waals surface area contributed by atoms with Gasteiger partial charge in [-0.3, -0.25) is 0 Å². The summed E-state index contributed by atoms with van der Waals surface area (Å²) in [5.74, 6) is 0.491. The van der Waals surface area contributed by atoms with E-state index in [0.29, 0.717) is 5.75 Å². The Bertz CT molecular complexity index is 705. The number of hydrogen-bond acceptors (Lipinski definition) is 1. The zero-order chi connectivity index (χ0) is 22.7. The highest BCUT2D eigenvalue weighted by atomic mass is 16.3. The largest absolute Gasteiger partial charge is 0.507 e. The standard InChI is InChI=1S/C31H50O/c1-2-3-4-5-6-7-8-9-10-11-12-13-14-15-16-17-18-19-20-24-29-27-26-28-23-21-22-25-30(28)31(29)32/h21-23,25-27,32H,2-20,24H2,1H3. The number of benzene rings is 2. The zero-order valence-electron chi connectivity index (χ0n) is 21.1. The van der Waals surface area contributed by atoms with Crippen LogP contribution in [0, 0.1) is 0 Å². The van der Waals surface area contributed by atoms with E-state index >= 15 is 0 Å². The van der Waals surface area contributed by atoms with Crippen molar-refractivity contribution in [2.45, 2.75) is 135 Å². The van der Waals surface area contributed by atoms with Crippen LogP contribution in [0.15, 0.2) is 36.4 Å². The minimum Gasteiger partial charge on any atom is -0.507 e. The first kappa shape index (κ1) is 26.7. The minimum atomic E-state index is 0.491. The number of aromatic hydroxyl groups is 1. The van der Waals surface area contributed by atoms with E-state index in [4.69, 9.17) is 0 Å². The van der Waals surface area contributed by atoms with Gasteiger partial charge in [-0.1, -0.05) is 159 Å². The van der Waals surface area contributed by atoms with Gasteiger partial charge in [0.15, 0.2) is 0 Å². The molecular weight excluding hydrogens is 388 g/mol. The van der Waals surface area contributed by atoms with E-state index in [-0.39, 0.29) is 0 Å². The predicted octanol–water partition coefficient (Wildman–Crippen LogP) is 10.5. The predicted molar refractivity (Wildman–Crippen MR) is 143 cm³/mol. The molecule has 32 heavy (non-hydrogen) atoms. The SMILES string of the molecule is CCCCCCCCCCCCCCCCCCCCCc1ccc2ccccc2c1O. The van der Waals surface area contributed by atoms with Crippen LogP contribution in [-0.2, 0) is 6.42 Å². The molecule has 0 aliphatic carbocycles. The summed E-state index contributed by atoms with van der Waals surface area (Å²) in [6.45, 7) is 2.29. The van der Waals surface area contributed by atoms with Crippen molar-refractivity contribution in [3.63, 3.8) is 0 Å². The summed E-state index contributed by atoms with van der Waals surface area (Å²) >= 11 is 0. The third kappa shape index (κ3) is 11.4. The fraction of sp³-hybridized carbons (Fsp3) is 0.677. The zero-order valence-corrected chi connectivity index (χ0v) is 21.1. The molecular formula is C31H50O. The van der Waals surface area contributed by atoms with Crippen LogP contribution in [-0.4, -0.2) is 5.11 Å². The number of rotatable bonds is 20. The van der Waals surface area contributed by atoms with Crippen molar-refractivity contribution in [2.75, 3.05) is 0 Å². The summed E-state index contributed by atoms with van der Waals surface area (Å²) in [5, 5.41) is 12.6. The van der Waals surface area contributed by atoms with Crippen molar-refractivity contribution in [3.8, 4) is 5.75 Å². The first-order chi connectivity index (χ1) is 15.8. The monoisotopic (exact) mass is 438 g/mol. The van der Waals surface area contributed by atoms with Gasteiger partial charge in [-0.25, -0.2) is 0 Å². The van der Waals surface area contributed by atoms with Gasteiger partial charge in [0, 0.05) is 5.39 Å². The van der Waals surface area contributed by atoms with E-state index in [0.717, 1.165) is 22.8 Å². The molecule has 0 spiro atoms. The smallest absolute Gasteiger partial charge is 0.126 e. The number of phenols is 1. The van der Waals surface area contributed by atoms with E-state index < -0.39 is 0 Å². The molecule has 2 aromatic rings. The molecule has 0 saturated carbocycles. The fourth-order valence-electron chi connectivity index (χ4n) is 4.90. The second-order valence-corrected chi connectivity index (χ2v) is 9.91. The topological polar surface area (TPSA) is 20.2 Å². The quantitative estimate of drug-likeness (QED) is 0.204. The van der Waals surface area contributed by atoms with Gasteiger partial charge in [0.2, 0.25) is 0 Å². The summed E-state index contributed by atoms with van der Waals surface area (Å²) in [6.07, 6.45) is 27.8. The Morgan fingerprint density at radius 2 is 0.938 bits per heavy atom. The van der Waals surface area contributed by atoms with Crippen LogP contribution in [0.1, 0.15) is 134 Å². The maximum Gasteiger partial charge on any atom is 0.126 e. The molecule has 1 nitrogen and oxygen atoms in total. The van der Waals surface area contributed by atoms with Crippen molar-refractivity contribution in [1.29, 1.82) is 0 Å². The van der Waals surface area contributed by atoms with Gasteiger partial charge in [0.1, 0.15) is 5.75 Å². The Morgan fingerprint density at radius 1 is 0.500 bits per heavy atom. The summed E-state index contributed by atoms with van der Waals surface area (Å²) < 4.78 is 0. The molecule has 0 heterocycles. The first-order valence-corrected chi connectivity index (χ1v) is 14.0. The average Bonchev–Trinajstić information content (AvgIpc) is 2.82. The molecule has 1 heteroatoms. The Morgan fingerprint density at radius 3 is 1.44 bits per heavy atom. The third-order valence-electron chi connectivity index (χ3n) is 7.03. The lowest BCUT2D eigenvalue weighted by molar-refractivity contribution is 0.472. The molecule has 0 atom stereocenters. The van der Waals surface area contributed by atoms with Crippen molar-refractivity contribution in [2.24, 2.45) is 0 Å². The molecule has 0 saturated heterocycles. The fourth-order valence-corrected chi connectivity index (χ4v) is 4.90. The van der Waals surface area contributed by atoms with Crippen LogP contribution in [0.5, 0.6) is 5.75 Å². The van der Waals surface area contributed by atoms with Gasteiger partial charge < -0.3 is 5.11 Å². The van der Waals surface area contributed by atoms with Gasteiger partial charge in [0.05, 0.1) is 0 Å². The van der Waals surface area contributed by atoms with Crippen molar-refractivity contribution in [3.05, 3.63) is 42.0 Å². The summed E-state index contributed by atoms with van der Waals surface area (Å²) in [4.78, 5) is 0. The van der Waals surface area contributed by atoms with Gasteiger partial charge in [-0.05, 0) is 23.8 Å². The van der Waals surface area contributed by atoms with Crippen molar-refractivity contribution < 1.29 is 5.11 Å². The van der Waals surface area contributed by atoms with E-state index in [1.165, 1.54) is 122 Å². The van der Waals surface area contributed by atoms with Gasteiger partial charge in [-0.15, -0.1) is 0 Å². The maximum atomic E-state index is 10.5. The molecule has 0 aliphatic heterocycles. The van der Waals surface area contributed by atoms with E-state index in [9.17, 15) is 5.11 Å². The molecule has 2 rings (SSSR count). The molecule has 0 radical (unpaired) electrons. The molecule has 0 aliphatic rings. The average molecular weight is 439 g/mol. The van der Waals surface area contributed by atoms with Crippen LogP contribution in [0.3, 0.4) is 0 Å². The summed E-state index contributed by atoms with van der Waals surface area (Å²) in [5.41, 5.74) is 1.11. The van der Waals surface area contributed by atoms with Crippen molar-refractivity contribution >= 4 is 10.8 Å². The maximum absolute atomic E-state index is 10.5. The first-order valence-electron chi connectivity index (χ1n) is 14.0. The Hall–Kier alpha value is -1.50. The lowest BCUT2D eigenvalue weighted by Gasteiger charge is -2.08. The highest BCUT2D eigenvalue weighted by Crippen LogP contribution is 2.29. The molecule has 0 aromatic heterocycles. The van der Waals surface area contributed by atoms with E-state index in [2.05, 4.69) is 25.1 Å². The van der Waals surface area contributed by atoms with Crippen LogP contribution >= 0.6 is 0 Å². The Labute approximate surface area is 199 Å². The molecule has 0 amide bonds. The second kappa shape index (κ2) is 18.0. The van der Waals surface area contributed by atoms with Crippen LogP contribution in [0.25, 0.3) is 10.8 Å². The molecule has 0 fully saturated rings. The van der Waals surface area contributed by atoms with E-state index in [1.807, 2.05) is 18.2 Å². The number of hydrogen-bond donors (Lipinski definition) is 1. The Balaban J connectivity index is 1.34. The highest BCUT2D eigenvalue weighted by Gasteiger charge is 2.05. The van der Waals surface area contributed by atoms with Gasteiger partial charge in [0.25, 0.3) is 0 Å². The lowest BCUT2D eigenvalue weighted by atomic mass is 10.00. The molecule has 2 aromatic carbocycles. The van der Waals surface area contributed by atoms with Crippen LogP contribution in [0.4, 0.5) is 0 Å². The molecule has 0 bridgehead atoms. The normalized spacial score (nSPS) is 11.4. The number of aryl methyl sites for hydroxylation is 1. The van der Waals surface area contributed by atoms with Crippen LogP contribution in [0.2, 0.25) is 0 Å². The van der Waals surface area contributed by atoms with Gasteiger partial charge in [-0.2, -0.15) is 0 Å². The second-order valence-electron chi connectivity index (χ2n) is 9.91. The number of fused-ring (bicyclic) bond motifs is 1. The molecule has 180 valence electrons. The van der Waals surface area contributed by atoms with Gasteiger partial charge >= 0.3 is 0 Å². The molecule has 1 N–H and O–H groups in total. The summed E-state index contributed by atoms with van der Waals surface area (Å²) in [6, 6.07) is 12.4. The lowest BCUT2D eigenvalue weighted by Crippen LogP contribution is -1.89. The minimum absolute atomic E-state index is 0.491. The molecule has 0 unspecified atom stereocenters. The van der Waals surface area contributed by atoms with Crippen molar-refractivity contribution in [1.82, 2.24) is 0 Å².